The topological polar surface area (TPSA) is 86.2 Å². The van der Waals surface area contributed by atoms with Crippen molar-refractivity contribution >= 4 is 29.7 Å². The predicted octanol–water partition coefficient (Wildman–Crippen LogP) is 6.22. The lowest BCUT2D eigenvalue weighted by molar-refractivity contribution is 0.0729. The van der Waals surface area contributed by atoms with Crippen LogP contribution in [0.25, 0.3) is 0 Å². The van der Waals surface area contributed by atoms with Crippen molar-refractivity contribution in [2.24, 2.45) is 5.10 Å². The summed E-state index contributed by atoms with van der Waals surface area (Å²) in [6.45, 7) is 2.33. The van der Waals surface area contributed by atoms with Gasteiger partial charge in [-0.2, -0.15) is 5.10 Å². The Hall–Kier alpha value is -4.62. The number of halogens is 1. The van der Waals surface area contributed by atoms with Gasteiger partial charge in [0.15, 0.2) is 11.5 Å². The zero-order valence-electron chi connectivity index (χ0n) is 20.8. The smallest absolute Gasteiger partial charge is 0.343 e. The monoisotopic (exact) mass is 528 g/mol. The lowest BCUT2D eigenvalue weighted by Gasteiger charge is -2.10. The van der Waals surface area contributed by atoms with Crippen molar-refractivity contribution in [1.82, 2.24) is 5.43 Å². The van der Waals surface area contributed by atoms with Crippen LogP contribution in [0.4, 0.5) is 0 Å². The second-order valence-electron chi connectivity index (χ2n) is 8.30. The first-order chi connectivity index (χ1) is 18.4. The minimum atomic E-state index is -0.488. The number of rotatable bonds is 9. The van der Waals surface area contributed by atoms with Gasteiger partial charge in [0.2, 0.25) is 0 Å². The predicted molar refractivity (Wildman–Crippen MR) is 146 cm³/mol. The summed E-state index contributed by atoms with van der Waals surface area (Å²) in [5, 5.41) is 4.68. The maximum atomic E-state index is 12.5. The van der Waals surface area contributed by atoms with E-state index >= 15 is 0 Å². The van der Waals surface area contributed by atoms with Crippen LogP contribution in [0.1, 0.15) is 37.4 Å². The van der Waals surface area contributed by atoms with Gasteiger partial charge < -0.3 is 14.2 Å². The van der Waals surface area contributed by atoms with Gasteiger partial charge in [-0.1, -0.05) is 41.4 Å². The summed E-state index contributed by atoms with van der Waals surface area (Å²) in [4.78, 5) is 24.9. The minimum Gasteiger partial charge on any atom is -0.493 e. The molecule has 0 radical (unpaired) electrons. The van der Waals surface area contributed by atoms with Gasteiger partial charge in [0, 0.05) is 10.6 Å². The summed E-state index contributed by atoms with van der Waals surface area (Å²) in [7, 11) is 1.48. The van der Waals surface area contributed by atoms with Crippen LogP contribution in [0, 0.1) is 6.92 Å². The molecule has 0 unspecified atom stereocenters. The van der Waals surface area contributed by atoms with Crippen molar-refractivity contribution in [2.45, 2.75) is 13.5 Å². The van der Waals surface area contributed by atoms with Crippen LogP contribution in [-0.2, 0) is 6.61 Å². The molecule has 0 bridgehead atoms. The molecule has 7 nitrogen and oxygen atoms in total. The quantitative estimate of drug-likeness (QED) is 0.121. The van der Waals surface area contributed by atoms with Gasteiger partial charge in [-0.15, -0.1) is 0 Å². The summed E-state index contributed by atoms with van der Waals surface area (Å²) in [6.07, 6.45) is 1.47. The third kappa shape index (κ3) is 7.21. The van der Waals surface area contributed by atoms with Crippen molar-refractivity contribution in [3.8, 4) is 17.2 Å². The number of nitrogens with zero attached hydrogens (tertiary/aromatic N) is 1. The van der Waals surface area contributed by atoms with E-state index in [0.717, 1.165) is 11.1 Å². The molecule has 0 spiro atoms. The van der Waals surface area contributed by atoms with Crippen LogP contribution in [0.2, 0.25) is 5.02 Å². The molecule has 0 aromatic heterocycles. The number of aryl methyl sites for hydroxylation is 1. The second-order valence-corrected chi connectivity index (χ2v) is 8.74. The Labute approximate surface area is 225 Å². The third-order valence-electron chi connectivity index (χ3n) is 5.49. The molecule has 0 atom stereocenters. The molecule has 0 aliphatic rings. The third-order valence-corrected chi connectivity index (χ3v) is 5.74. The summed E-state index contributed by atoms with van der Waals surface area (Å²) in [5.74, 6) is 0.405. The van der Waals surface area contributed by atoms with E-state index in [1.165, 1.54) is 13.3 Å². The van der Waals surface area contributed by atoms with Crippen LogP contribution in [0.3, 0.4) is 0 Å². The van der Waals surface area contributed by atoms with Crippen LogP contribution >= 0.6 is 11.6 Å². The highest BCUT2D eigenvalue weighted by Crippen LogP contribution is 2.28. The van der Waals surface area contributed by atoms with Gasteiger partial charge in [-0.25, -0.2) is 10.2 Å². The SMILES string of the molecule is COc1cc(/C=N/NC(=O)c2ccc(OCc3ccc(Cl)cc3)cc2)ccc1OC(=O)c1ccc(C)cc1. The molecule has 8 heteroatoms. The molecule has 0 aliphatic heterocycles. The molecule has 4 rings (SSSR count). The number of esters is 1. The summed E-state index contributed by atoms with van der Waals surface area (Å²) >= 11 is 5.90. The molecular weight excluding hydrogens is 504 g/mol. The molecule has 0 heterocycles. The molecule has 0 saturated carbocycles. The first-order valence-electron chi connectivity index (χ1n) is 11.7. The zero-order valence-corrected chi connectivity index (χ0v) is 21.6. The van der Waals surface area contributed by atoms with Crippen molar-refractivity contribution in [3.05, 3.63) is 124 Å². The number of carbonyl (C=O) groups excluding carboxylic acids is 2. The van der Waals surface area contributed by atoms with Crippen LogP contribution in [-0.4, -0.2) is 25.2 Å². The molecule has 192 valence electrons. The molecule has 1 amide bonds. The molecule has 0 saturated heterocycles. The Kier molecular flexibility index (Phi) is 8.74. The average molecular weight is 529 g/mol. The van der Waals surface area contributed by atoms with E-state index in [1.54, 1.807) is 66.7 Å². The number of nitrogens with one attached hydrogen (secondary N) is 1. The first-order valence-corrected chi connectivity index (χ1v) is 12.1. The highest BCUT2D eigenvalue weighted by atomic mass is 35.5. The summed E-state index contributed by atoms with van der Waals surface area (Å²) < 4.78 is 16.6. The fourth-order valence-electron chi connectivity index (χ4n) is 3.38. The number of hydrogen-bond donors (Lipinski definition) is 1. The molecule has 1 N–H and O–H groups in total. The van der Waals surface area contributed by atoms with Crippen LogP contribution in [0.5, 0.6) is 17.2 Å². The van der Waals surface area contributed by atoms with Crippen molar-refractivity contribution in [3.63, 3.8) is 0 Å². The van der Waals surface area contributed by atoms with Gasteiger partial charge >= 0.3 is 5.97 Å². The van der Waals surface area contributed by atoms with Gasteiger partial charge in [-0.3, -0.25) is 4.79 Å². The van der Waals surface area contributed by atoms with Gasteiger partial charge in [0.25, 0.3) is 5.91 Å². The van der Waals surface area contributed by atoms with Crippen molar-refractivity contribution in [2.75, 3.05) is 7.11 Å². The van der Waals surface area contributed by atoms with E-state index in [2.05, 4.69) is 10.5 Å². The Balaban J connectivity index is 1.31. The Bertz CT molecular complexity index is 1430. The van der Waals surface area contributed by atoms with Crippen molar-refractivity contribution < 1.29 is 23.8 Å². The number of carbonyl (C=O) groups is 2. The Morgan fingerprint density at radius 2 is 1.55 bits per heavy atom. The summed E-state index contributed by atoms with van der Waals surface area (Å²) in [5.41, 5.74) is 6.03. The number of benzene rings is 4. The van der Waals surface area contributed by atoms with Gasteiger partial charge in [-0.05, 0) is 84.8 Å². The van der Waals surface area contributed by atoms with E-state index in [9.17, 15) is 9.59 Å². The molecular formula is C30H25ClN2O5. The zero-order chi connectivity index (χ0) is 26.9. The number of amides is 1. The number of ether oxygens (including phenoxy) is 3. The normalized spacial score (nSPS) is 10.7. The van der Waals surface area contributed by atoms with E-state index in [1.807, 2.05) is 31.2 Å². The Morgan fingerprint density at radius 3 is 2.24 bits per heavy atom. The van der Waals surface area contributed by atoms with E-state index in [0.29, 0.717) is 39.8 Å². The standard InChI is InChI=1S/C30H25ClN2O5/c1-20-3-8-24(9-4-20)30(35)38-27-16-7-22(17-28(27)36-2)18-32-33-29(34)23-10-14-26(15-11-23)37-19-21-5-12-25(31)13-6-21/h3-18H,19H2,1-2H3,(H,33,34)/b32-18+. The van der Waals surface area contributed by atoms with E-state index < -0.39 is 5.97 Å². The molecule has 0 fully saturated rings. The van der Waals surface area contributed by atoms with Crippen LogP contribution < -0.4 is 19.6 Å². The van der Waals surface area contributed by atoms with Gasteiger partial charge in [0.1, 0.15) is 12.4 Å². The number of hydrogen-bond acceptors (Lipinski definition) is 6. The average Bonchev–Trinajstić information content (AvgIpc) is 2.94. The molecule has 0 aliphatic carbocycles. The lowest BCUT2D eigenvalue weighted by Crippen LogP contribution is -2.17. The lowest BCUT2D eigenvalue weighted by atomic mass is 10.1. The largest absolute Gasteiger partial charge is 0.493 e. The van der Waals surface area contributed by atoms with Crippen molar-refractivity contribution in [1.29, 1.82) is 0 Å². The van der Waals surface area contributed by atoms with E-state index in [4.69, 9.17) is 25.8 Å². The van der Waals surface area contributed by atoms with E-state index in [-0.39, 0.29) is 11.7 Å². The highest BCUT2D eigenvalue weighted by Gasteiger charge is 2.13. The molecule has 38 heavy (non-hydrogen) atoms. The summed E-state index contributed by atoms with van der Waals surface area (Å²) in [6, 6.07) is 26.2. The fraction of sp³-hybridized carbons (Fsp3) is 0.100. The Morgan fingerprint density at radius 1 is 0.868 bits per heavy atom. The second kappa shape index (κ2) is 12.6. The first kappa shape index (κ1) is 26.4. The maximum Gasteiger partial charge on any atom is 0.343 e. The molecule has 4 aromatic carbocycles. The molecule has 4 aromatic rings. The maximum absolute atomic E-state index is 12.5. The van der Waals surface area contributed by atoms with Gasteiger partial charge in [0.05, 0.1) is 18.9 Å². The minimum absolute atomic E-state index is 0.276. The fourth-order valence-corrected chi connectivity index (χ4v) is 3.50. The highest BCUT2D eigenvalue weighted by molar-refractivity contribution is 6.30. The number of hydrazone groups is 1. The number of methoxy groups -OCH3 is 1. The van der Waals surface area contributed by atoms with Crippen LogP contribution in [0.15, 0.2) is 96.1 Å².